The van der Waals surface area contributed by atoms with Gasteiger partial charge in [0.15, 0.2) is 0 Å². The van der Waals surface area contributed by atoms with Crippen molar-refractivity contribution in [3.63, 3.8) is 0 Å². The first kappa shape index (κ1) is 22.1. The third kappa shape index (κ3) is 4.97. The molecule has 0 bridgehead atoms. The third-order valence-electron chi connectivity index (χ3n) is 7.47. The summed E-state index contributed by atoms with van der Waals surface area (Å²) in [7, 11) is 0. The van der Waals surface area contributed by atoms with E-state index in [1.165, 1.54) is 24.0 Å². The Morgan fingerprint density at radius 3 is 2.03 bits per heavy atom. The van der Waals surface area contributed by atoms with Gasteiger partial charge in [-0.1, -0.05) is 73.5 Å². The van der Waals surface area contributed by atoms with Crippen molar-refractivity contribution in [2.75, 3.05) is 26.2 Å². The first-order valence-corrected chi connectivity index (χ1v) is 12.4. The van der Waals surface area contributed by atoms with Gasteiger partial charge in [0.1, 0.15) is 0 Å². The van der Waals surface area contributed by atoms with Crippen molar-refractivity contribution >= 4 is 11.8 Å². The number of carbonyl (C=O) groups excluding carboxylic acids is 2. The van der Waals surface area contributed by atoms with Gasteiger partial charge < -0.3 is 15.5 Å². The number of fused-ring (bicyclic) bond motifs is 1. The molecule has 3 fully saturated rings. The fraction of sp³-hybridized carbons (Fsp3) is 0.481. The summed E-state index contributed by atoms with van der Waals surface area (Å²) in [5.41, 5.74) is 2.54. The molecule has 2 N–H and O–H groups in total. The molecular formula is C27H34N4O2. The lowest BCUT2D eigenvalue weighted by Gasteiger charge is -2.42. The summed E-state index contributed by atoms with van der Waals surface area (Å²) < 4.78 is 0. The van der Waals surface area contributed by atoms with Crippen LogP contribution in [0.5, 0.6) is 0 Å². The van der Waals surface area contributed by atoms with Gasteiger partial charge in [-0.15, -0.1) is 0 Å². The lowest BCUT2D eigenvalue weighted by atomic mass is 9.87. The van der Waals surface area contributed by atoms with E-state index < -0.39 is 6.04 Å². The van der Waals surface area contributed by atoms with Gasteiger partial charge in [-0.05, 0) is 24.0 Å². The number of amides is 2. The highest BCUT2D eigenvalue weighted by molar-refractivity contribution is 5.89. The average Bonchev–Trinajstić information content (AvgIpc) is 2.86. The normalized spacial score (nSPS) is 26.0. The van der Waals surface area contributed by atoms with Crippen LogP contribution in [-0.2, 0) is 9.59 Å². The van der Waals surface area contributed by atoms with Crippen molar-refractivity contribution < 1.29 is 9.59 Å². The molecule has 5 rings (SSSR count). The second kappa shape index (κ2) is 10.1. The van der Waals surface area contributed by atoms with E-state index in [0.717, 1.165) is 25.9 Å². The summed E-state index contributed by atoms with van der Waals surface area (Å²) >= 11 is 0. The molecule has 6 nitrogen and oxygen atoms in total. The van der Waals surface area contributed by atoms with Crippen molar-refractivity contribution in [1.82, 2.24) is 20.4 Å². The van der Waals surface area contributed by atoms with Gasteiger partial charge in [-0.3, -0.25) is 14.5 Å². The Labute approximate surface area is 196 Å². The molecule has 2 aliphatic heterocycles. The van der Waals surface area contributed by atoms with Crippen LogP contribution in [0.2, 0.25) is 0 Å². The molecule has 1 saturated carbocycles. The summed E-state index contributed by atoms with van der Waals surface area (Å²) in [6.45, 7) is 3.01. The lowest BCUT2D eigenvalue weighted by molar-refractivity contribution is -0.138. The SMILES string of the molecule is O=C1N[C@@H]2CCCC[C@H]2N[C@@H]1CC(=O)N1CCN(C(c2ccccc2)c2ccccc2)CC1. The molecule has 3 atom stereocenters. The minimum atomic E-state index is -0.406. The highest BCUT2D eigenvalue weighted by atomic mass is 16.2. The molecule has 3 aliphatic rings. The first-order valence-electron chi connectivity index (χ1n) is 12.4. The van der Waals surface area contributed by atoms with Crippen molar-refractivity contribution in [1.29, 1.82) is 0 Å². The molecule has 2 amide bonds. The number of hydrogen-bond acceptors (Lipinski definition) is 4. The molecule has 0 unspecified atom stereocenters. The fourth-order valence-corrected chi connectivity index (χ4v) is 5.69. The predicted octanol–water partition coefficient (Wildman–Crippen LogP) is 2.71. The molecule has 2 saturated heterocycles. The first-order chi connectivity index (χ1) is 16.2. The summed E-state index contributed by atoms with van der Waals surface area (Å²) in [6, 6.07) is 21.5. The maximum atomic E-state index is 13.1. The number of carbonyl (C=O) groups is 2. The van der Waals surface area contributed by atoms with Crippen LogP contribution in [0.15, 0.2) is 60.7 Å². The molecular weight excluding hydrogens is 412 g/mol. The Bertz CT molecular complexity index is 904. The van der Waals surface area contributed by atoms with Gasteiger partial charge in [0.25, 0.3) is 0 Å². The topological polar surface area (TPSA) is 64.7 Å². The quantitative estimate of drug-likeness (QED) is 0.741. The zero-order valence-electron chi connectivity index (χ0n) is 19.2. The van der Waals surface area contributed by atoms with Crippen LogP contribution < -0.4 is 10.6 Å². The lowest BCUT2D eigenvalue weighted by Crippen LogP contribution is -2.65. The molecule has 2 aromatic rings. The number of nitrogens with one attached hydrogen (secondary N) is 2. The van der Waals surface area contributed by atoms with E-state index in [1.807, 2.05) is 17.0 Å². The van der Waals surface area contributed by atoms with E-state index in [1.54, 1.807) is 0 Å². The summed E-state index contributed by atoms with van der Waals surface area (Å²) in [5.74, 6) is 0.0610. The second-order valence-corrected chi connectivity index (χ2v) is 9.57. The zero-order valence-corrected chi connectivity index (χ0v) is 19.2. The van der Waals surface area contributed by atoms with Gasteiger partial charge in [0.05, 0.1) is 18.5 Å². The van der Waals surface area contributed by atoms with E-state index in [-0.39, 0.29) is 30.3 Å². The number of nitrogens with zero attached hydrogens (tertiary/aromatic N) is 2. The van der Waals surface area contributed by atoms with E-state index in [2.05, 4.69) is 64.1 Å². The molecule has 0 aromatic heterocycles. The standard InChI is InChI=1S/C27H34N4O2/c32-25(19-24-27(33)29-23-14-8-7-13-22(23)28-24)30-15-17-31(18-16-30)26(20-9-3-1-4-10-20)21-11-5-2-6-12-21/h1-6,9-12,22-24,26,28H,7-8,13-19H2,(H,29,33)/t22-,23-,24-/m1/s1. The van der Waals surface area contributed by atoms with Crippen LogP contribution >= 0.6 is 0 Å². The van der Waals surface area contributed by atoms with Crippen LogP contribution in [0.3, 0.4) is 0 Å². The Kier molecular flexibility index (Phi) is 6.74. The maximum Gasteiger partial charge on any atom is 0.237 e. The van der Waals surface area contributed by atoms with Crippen LogP contribution in [-0.4, -0.2) is 65.9 Å². The molecule has 0 radical (unpaired) electrons. The van der Waals surface area contributed by atoms with Gasteiger partial charge in [0.2, 0.25) is 11.8 Å². The summed E-state index contributed by atoms with van der Waals surface area (Å²) in [6.07, 6.45) is 4.72. The highest BCUT2D eigenvalue weighted by Gasteiger charge is 2.38. The summed E-state index contributed by atoms with van der Waals surface area (Å²) in [4.78, 5) is 30.0. The number of piperazine rings is 2. The zero-order chi connectivity index (χ0) is 22.6. The molecule has 174 valence electrons. The average molecular weight is 447 g/mol. The van der Waals surface area contributed by atoms with E-state index >= 15 is 0 Å². The smallest absolute Gasteiger partial charge is 0.237 e. The van der Waals surface area contributed by atoms with E-state index in [9.17, 15) is 9.59 Å². The van der Waals surface area contributed by atoms with Crippen LogP contribution in [0.25, 0.3) is 0 Å². The predicted molar refractivity (Wildman–Crippen MR) is 129 cm³/mol. The van der Waals surface area contributed by atoms with E-state index in [4.69, 9.17) is 0 Å². The van der Waals surface area contributed by atoms with Gasteiger partial charge in [0, 0.05) is 38.3 Å². The van der Waals surface area contributed by atoms with Crippen LogP contribution in [0, 0.1) is 0 Å². The molecule has 0 spiro atoms. The van der Waals surface area contributed by atoms with Crippen molar-refractivity contribution in [2.24, 2.45) is 0 Å². The van der Waals surface area contributed by atoms with E-state index in [0.29, 0.717) is 19.1 Å². The molecule has 6 heteroatoms. The molecule has 2 aromatic carbocycles. The Hall–Kier alpha value is -2.70. The molecule has 1 aliphatic carbocycles. The largest absolute Gasteiger partial charge is 0.350 e. The van der Waals surface area contributed by atoms with Crippen molar-refractivity contribution in [3.05, 3.63) is 71.8 Å². The highest BCUT2D eigenvalue weighted by Crippen LogP contribution is 2.29. The molecule has 2 heterocycles. The van der Waals surface area contributed by atoms with Gasteiger partial charge in [-0.2, -0.15) is 0 Å². The maximum absolute atomic E-state index is 13.1. The van der Waals surface area contributed by atoms with Gasteiger partial charge >= 0.3 is 0 Å². The molecule has 33 heavy (non-hydrogen) atoms. The minimum Gasteiger partial charge on any atom is -0.350 e. The second-order valence-electron chi connectivity index (χ2n) is 9.57. The third-order valence-corrected chi connectivity index (χ3v) is 7.47. The Morgan fingerprint density at radius 2 is 1.42 bits per heavy atom. The van der Waals surface area contributed by atoms with Crippen molar-refractivity contribution in [3.8, 4) is 0 Å². The van der Waals surface area contributed by atoms with Gasteiger partial charge in [-0.25, -0.2) is 0 Å². The fourth-order valence-electron chi connectivity index (χ4n) is 5.69. The number of hydrogen-bond donors (Lipinski definition) is 2. The van der Waals surface area contributed by atoms with Crippen molar-refractivity contribution in [2.45, 2.75) is 56.3 Å². The van der Waals surface area contributed by atoms with Crippen LogP contribution in [0.4, 0.5) is 0 Å². The Balaban J connectivity index is 1.21. The number of rotatable bonds is 5. The minimum absolute atomic E-state index is 0.0154. The van der Waals surface area contributed by atoms with Crippen LogP contribution in [0.1, 0.15) is 49.3 Å². The Morgan fingerprint density at radius 1 is 0.848 bits per heavy atom. The monoisotopic (exact) mass is 446 g/mol. The summed E-state index contributed by atoms with van der Waals surface area (Å²) in [5, 5.41) is 6.63. The number of benzene rings is 2.